The lowest BCUT2D eigenvalue weighted by atomic mass is 10.3. The number of aromatic nitrogens is 4. The standard InChI is InChI=1S/C13H17N5O2/c1-2-7-18-12(19)4-3-11(17-18)13(20)15-6-5-10-8-14-9-16-10/h3-4,8-9H,2,5-7H2,1H3,(H,14,16)(H,15,20). The summed E-state index contributed by atoms with van der Waals surface area (Å²) in [7, 11) is 0. The lowest BCUT2D eigenvalue weighted by molar-refractivity contribution is 0.0946. The van der Waals surface area contributed by atoms with Crippen molar-refractivity contribution in [1.29, 1.82) is 0 Å². The van der Waals surface area contributed by atoms with Gasteiger partial charge >= 0.3 is 0 Å². The van der Waals surface area contributed by atoms with E-state index in [2.05, 4.69) is 20.4 Å². The molecule has 2 heterocycles. The van der Waals surface area contributed by atoms with Crippen LogP contribution >= 0.6 is 0 Å². The van der Waals surface area contributed by atoms with E-state index in [4.69, 9.17) is 0 Å². The van der Waals surface area contributed by atoms with Gasteiger partial charge in [-0.2, -0.15) is 5.10 Å². The molecule has 0 aliphatic carbocycles. The van der Waals surface area contributed by atoms with Gasteiger partial charge in [-0.25, -0.2) is 9.67 Å². The molecule has 7 nitrogen and oxygen atoms in total. The van der Waals surface area contributed by atoms with Crippen molar-refractivity contribution in [3.05, 3.63) is 46.4 Å². The summed E-state index contributed by atoms with van der Waals surface area (Å²) in [5.41, 5.74) is 1.01. The number of H-pyrrole nitrogens is 1. The molecular formula is C13H17N5O2. The predicted octanol–water partition coefficient (Wildman–Crippen LogP) is 0.349. The maximum Gasteiger partial charge on any atom is 0.271 e. The van der Waals surface area contributed by atoms with E-state index in [9.17, 15) is 9.59 Å². The zero-order valence-electron chi connectivity index (χ0n) is 11.3. The van der Waals surface area contributed by atoms with E-state index >= 15 is 0 Å². The van der Waals surface area contributed by atoms with Gasteiger partial charge < -0.3 is 10.3 Å². The third kappa shape index (κ3) is 3.53. The number of aryl methyl sites for hydroxylation is 1. The largest absolute Gasteiger partial charge is 0.350 e. The second kappa shape index (κ2) is 6.65. The van der Waals surface area contributed by atoms with Gasteiger partial charge in [0.15, 0.2) is 0 Å². The third-order valence-electron chi connectivity index (χ3n) is 2.77. The van der Waals surface area contributed by atoms with Crippen LogP contribution in [0, 0.1) is 0 Å². The van der Waals surface area contributed by atoms with Crippen LogP contribution in [0.3, 0.4) is 0 Å². The van der Waals surface area contributed by atoms with Crippen LogP contribution in [0.15, 0.2) is 29.5 Å². The molecular weight excluding hydrogens is 258 g/mol. The second-order valence-corrected chi connectivity index (χ2v) is 4.36. The first-order valence-electron chi connectivity index (χ1n) is 6.54. The van der Waals surface area contributed by atoms with E-state index in [1.54, 1.807) is 12.5 Å². The molecule has 0 aliphatic heterocycles. The minimum absolute atomic E-state index is 0.194. The van der Waals surface area contributed by atoms with Crippen LogP contribution in [-0.4, -0.2) is 32.2 Å². The Labute approximate surface area is 116 Å². The molecule has 2 aromatic rings. The number of aromatic amines is 1. The zero-order chi connectivity index (χ0) is 14.4. The van der Waals surface area contributed by atoms with Gasteiger partial charge in [-0.15, -0.1) is 0 Å². The van der Waals surface area contributed by atoms with Crippen molar-refractivity contribution in [2.75, 3.05) is 6.54 Å². The molecule has 0 unspecified atom stereocenters. The molecule has 0 aromatic carbocycles. The molecule has 1 amide bonds. The molecule has 2 rings (SSSR count). The first-order valence-corrected chi connectivity index (χ1v) is 6.54. The minimum atomic E-state index is -0.283. The molecule has 7 heteroatoms. The van der Waals surface area contributed by atoms with E-state index in [1.807, 2.05) is 6.92 Å². The number of carbonyl (C=O) groups excluding carboxylic acids is 1. The number of hydrogen-bond donors (Lipinski definition) is 2. The second-order valence-electron chi connectivity index (χ2n) is 4.36. The minimum Gasteiger partial charge on any atom is -0.350 e. The lowest BCUT2D eigenvalue weighted by Gasteiger charge is -2.06. The van der Waals surface area contributed by atoms with Crippen LogP contribution in [0.2, 0.25) is 0 Å². The Morgan fingerprint density at radius 1 is 1.45 bits per heavy atom. The van der Waals surface area contributed by atoms with Crippen molar-refractivity contribution in [3.8, 4) is 0 Å². The highest BCUT2D eigenvalue weighted by Crippen LogP contribution is 1.94. The molecule has 20 heavy (non-hydrogen) atoms. The van der Waals surface area contributed by atoms with E-state index in [1.165, 1.54) is 16.8 Å². The van der Waals surface area contributed by atoms with Crippen molar-refractivity contribution >= 4 is 5.91 Å². The number of rotatable bonds is 6. The van der Waals surface area contributed by atoms with Crippen LogP contribution in [0.5, 0.6) is 0 Å². The fourth-order valence-corrected chi connectivity index (χ4v) is 1.76. The summed E-state index contributed by atoms with van der Waals surface area (Å²) >= 11 is 0. The van der Waals surface area contributed by atoms with Gasteiger partial charge in [0, 0.05) is 37.5 Å². The quantitative estimate of drug-likeness (QED) is 0.795. The topological polar surface area (TPSA) is 92.7 Å². The zero-order valence-corrected chi connectivity index (χ0v) is 11.3. The first-order chi connectivity index (χ1) is 9.70. The SMILES string of the molecule is CCCn1nc(C(=O)NCCc2cnc[nH]2)ccc1=O. The van der Waals surface area contributed by atoms with Gasteiger partial charge in [0.25, 0.3) is 11.5 Å². The molecule has 0 aliphatic rings. The van der Waals surface area contributed by atoms with E-state index in [0.717, 1.165) is 12.1 Å². The van der Waals surface area contributed by atoms with Crippen molar-refractivity contribution in [2.45, 2.75) is 26.3 Å². The number of imidazole rings is 1. The van der Waals surface area contributed by atoms with E-state index < -0.39 is 0 Å². The maximum absolute atomic E-state index is 11.9. The number of carbonyl (C=O) groups is 1. The van der Waals surface area contributed by atoms with Crippen LogP contribution < -0.4 is 10.9 Å². The molecule has 0 saturated carbocycles. The van der Waals surface area contributed by atoms with Gasteiger partial charge in [0.05, 0.1) is 6.33 Å². The summed E-state index contributed by atoms with van der Waals surface area (Å²) in [5.74, 6) is -0.283. The van der Waals surface area contributed by atoms with Crippen molar-refractivity contribution in [2.24, 2.45) is 0 Å². The van der Waals surface area contributed by atoms with Gasteiger partial charge in [0.2, 0.25) is 0 Å². The fraction of sp³-hybridized carbons (Fsp3) is 0.385. The Kier molecular flexibility index (Phi) is 4.65. The monoisotopic (exact) mass is 275 g/mol. The Hall–Kier alpha value is -2.44. The summed E-state index contributed by atoms with van der Waals surface area (Å²) in [5, 5.41) is 6.81. The predicted molar refractivity (Wildman–Crippen MR) is 73.4 cm³/mol. The molecule has 2 aromatic heterocycles. The molecule has 106 valence electrons. The average molecular weight is 275 g/mol. The number of amides is 1. The highest BCUT2D eigenvalue weighted by molar-refractivity contribution is 5.91. The van der Waals surface area contributed by atoms with Crippen LogP contribution in [-0.2, 0) is 13.0 Å². The fourth-order valence-electron chi connectivity index (χ4n) is 1.76. The number of nitrogens with one attached hydrogen (secondary N) is 2. The maximum atomic E-state index is 11.9. The average Bonchev–Trinajstić information content (AvgIpc) is 2.94. The molecule has 0 spiro atoms. The summed E-state index contributed by atoms with van der Waals surface area (Å²) in [6.07, 6.45) is 4.77. The first kappa shape index (κ1) is 14.0. The molecule has 0 fully saturated rings. The highest BCUT2D eigenvalue weighted by Gasteiger charge is 2.08. The molecule has 0 atom stereocenters. The summed E-state index contributed by atoms with van der Waals surface area (Å²) < 4.78 is 1.31. The summed E-state index contributed by atoms with van der Waals surface area (Å²) in [4.78, 5) is 30.3. The smallest absolute Gasteiger partial charge is 0.271 e. The van der Waals surface area contributed by atoms with Crippen molar-refractivity contribution in [3.63, 3.8) is 0 Å². The van der Waals surface area contributed by atoms with E-state index in [0.29, 0.717) is 19.5 Å². The summed E-state index contributed by atoms with van der Waals surface area (Å²) in [6.45, 7) is 2.94. The molecule has 0 radical (unpaired) electrons. The Morgan fingerprint density at radius 3 is 3.00 bits per heavy atom. The Balaban J connectivity index is 1.95. The number of nitrogens with zero attached hydrogens (tertiary/aromatic N) is 3. The van der Waals surface area contributed by atoms with Gasteiger partial charge in [0.1, 0.15) is 5.69 Å². The molecule has 0 saturated heterocycles. The lowest BCUT2D eigenvalue weighted by Crippen LogP contribution is -2.30. The summed E-state index contributed by atoms with van der Waals surface area (Å²) in [6, 6.07) is 2.81. The van der Waals surface area contributed by atoms with E-state index in [-0.39, 0.29) is 17.2 Å². The third-order valence-corrected chi connectivity index (χ3v) is 2.77. The van der Waals surface area contributed by atoms with Crippen molar-refractivity contribution in [1.82, 2.24) is 25.1 Å². The highest BCUT2D eigenvalue weighted by atomic mass is 16.2. The van der Waals surface area contributed by atoms with Crippen LogP contribution in [0.25, 0.3) is 0 Å². The Morgan fingerprint density at radius 2 is 2.30 bits per heavy atom. The number of hydrogen-bond acceptors (Lipinski definition) is 4. The van der Waals surface area contributed by atoms with Crippen LogP contribution in [0.1, 0.15) is 29.5 Å². The molecule has 2 N–H and O–H groups in total. The van der Waals surface area contributed by atoms with Crippen molar-refractivity contribution < 1.29 is 4.79 Å². The van der Waals surface area contributed by atoms with Gasteiger partial charge in [-0.3, -0.25) is 9.59 Å². The molecule has 0 bridgehead atoms. The normalized spacial score (nSPS) is 10.4. The Bertz CT molecular complexity index is 618. The van der Waals surface area contributed by atoms with Crippen LogP contribution in [0.4, 0.5) is 0 Å². The van der Waals surface area contributed by atoms with Gasteiger partial charge in [-0.05, 0) is 12.5 Å². The van der Waals surface area contributed by atoms with Gasteiger partial charge in [-0.1, -0.05) is 6.92 Å².